The van der Waals surface area contributed by atoms with Crippen molar-refractivity contribution in [3.8, 4) is 0 Å². The Morgan fingerprint density at radius 3 is 2.95 bits per heavy atom. The minimum atomic E-state index is 0.0547. The van der Waals surface area contributed by atoms with Gasteiger partial charge in [-0.15, -0.1) is 0 Å². The normalized spacial score (nSPS) is 14.2. The summed E-state index contributed by atoms with van der Waals surface area (Å²) in [6, 6.07) is 11.9. The number of nitrogens with zero attached hydrogens (tertiary/aromatic N) is 2. The molecule has 0 radical (unpaired) electrons. The predicted molar refractivity (Wildman–Crippen MR) is 81.0 cm³/mol. The summed E-state index contributed by atoms with van der Waals surface area (Å²) in [4.78, 5) is 21.9. The van der Waals surface area contributed by atoms with Crippen LogP contribution in [0.25, 0.3) is 10.9 Å². The molecule has 3 aromatic rings. The van der Waals surface area contributed by atoms with E-state index in [1.807, 2.05) is 23.1 Å². The van der Waals surface area contributed by atoms with Crippen LogP contribution < -0.4 is 0 Å². The van der Waals surface area contributed by atoms with Gasteiger partial charge in [0, 0.05) is 54.1 Å². The van der Waals surface area contributed by atoms with Crippen LogP contribution in [0.1, 0.15) is 21.6 Å². The Bertz CT molecular complexity index is 807. The molecular weight excluding hydrogens is 262 g/mol. The van der Waals surface area contributed by atoms with Crippen LogP contribution in [-0.2, 0) is 13.0 Å². The summed E-state index contributed by atoms with van der Waals surface area (Å²) in [5.41, 5.74) is 4.31. The summed E-state index contributed by atoms with van der Waals surface area (Å²) in [6.45, 7) is 1.40. The fraction of sp³-hybridized carbons (Fsp3) is 0.176. The number of H-pyrrole nitrogens is 1. The van der Waals surface area contributed by atoms with Gasteiger partial charge in [0.25, 0.3) is 5.91 Å². The fourth-order valence-electron chi connectivity index (χ4n) is 3.01. The zero-order valence-corrected chi connectivity index (χ0v) is 11.5. The lowest BCUT2D eigenvalue weighted by Gasteiger charge is -2.27. The second-order valence-electron chi connectivity index (χ2n) is 5.35. The molecule has 0 spiro atoms. The summed E-state index contributed by atoms with van der Waals surface area (Å²) < 4.78 is 0. The number of pyridine rings is 1. The van der Waals surface area contributed by atoms with Crippen LogP contribution in [0.3, 0.4) is 0 Å². The monoisotopic (exact) mass is 277 g/mol. The van der Waals surface area contributed by atoms with Crippen LogP contribution in [0.5, 0.6) is 0 Å². The van der Waals surface area contributed by atoms with Crippen molar-refractivity contribution in [2.45, 2.75) is 13.0 Å². The highest BCUT2D eigenvalue weighted by Crippen LogP contribution is 2.28. The first kappa shape index (κ1) is 12.1. The molecule has 3 heterocycles. The van der Waals surface area contributed by atoms with Gasteiger partial charge in [-0.3, -0.25) is 9.78 Å². The molecule has 4 rings (SSSR count). The molecule has 1 amide bonds. The van der Waals surface area contributed by atoms with E-state index in [2.05, 4.69) is 22.1 Å². The minimum absolute atomic E-state index is 0.0547. The van der Waals surface area contributed by atoms with E-state index in [0.717, 1.165) is 18.5 Å². The zero-order chi connectivity index (χ0) is 14.2. The van der Waals surface area contributed by atoms with Gasteiger partial charge in [-0.25, -0.2) is 0 Å². The first-order valence-corrected chi connectivity index (χ1v) is 7.11. The van der Waals surface area contributed by atoms with Gasteiger partial charge in [-0.2, -0.15) is 0 Å². The third kappa shape index (κ3) is 2.00. The molecule has 0 atom stereocenters. The van der Waals surface area contributed by atoms with E-state index in [1.165, 1.54) is 16.6 Å². The molecule has 0 bridgehead atoms. The summed E-state index contributed by atoms with van der Waals surface area (Å²) in [5.74, 6) is 0.0547. The number of rotatable bonds is 1. The average molecular weight is 277 g/mol. The number of nitrogens with one attached hydrogen (secondary N) is 1. The lowest BCUT2D eigenvalue weighted by atomic mass is 10.0. The number of para-hydroxylation sites is 1. The van der Waals surface area contributed by atoms with Crippen molar-refractivity contribution in [2.75, 3.05) is 6.54 Å². The highest BCUT2D eigenvalue weighted by Gasteiger charge is 2.24. The SMILES string of the molecule is O=C(c1cccnc1)N1CCc2[nH]c3ccccc3c2C1. The van der Waals surface area contributed by atoms with Crippen molar-refractivity contribution < 1.29 is 4.79 Å². The van der Waals surface area contributed by atoms with Crippen molar-refractivity contribution in [1.29, 1.82) is 0 Å². The van der Waals surface area contributed by atoms with Gasteiger partial charge in [0.2, 0.25) is 0 Å². The van der Waals surface area contributed by atoms with Crippen LogP contribution in [-0.4, -0.2) is 27.3 Å². The number of aromatic amines is 1. The Balaban J connectivity index is 1.69. The maximum atomic E-state index is 12.5. The molecule has 0 unspecified atom stereocenters. The first-order chi connectivity index (χ1) is 10.3. The number of benzene rings is 1. The van der Waals surface area contributed by atoms with Gasteiger partial charge >= 0.3 is 0 Å². The Morgan fingerprint density at radius 2 is 2.10 bits per heavy atom. The van der Waals surface area contributed by atoms with E-state index < -0.39 is 0 Å². The molecule has 1 N–H and O–H groups in total. The molecule has 21 heavy (non-hydrogen) atoms. The number of aromatic nitrogens is 2. The zero-order valence-electron chi connectivity index (χ0n) is 11.5. The molecule has 104 valence electrons. The molecule has 4 nitrogen and oxygen atoms in total. The molecule has 1 aromatic carbocycles. The number of hydrogen-bond donors (Lipinski definition) is 1. The third-order valence-electron chi connectivity index (χ3n) is 4.08. The highest BCUT2D eigenvalue weighted by atomic mass is 16.2. The lowest BCUT2D eigenvalue weighted by Crippen LogP contribution is -2.35. The Labute approximate surface area is 122 Å². The van der Waals surface area contributed by atoms with E-state index in [-0.39, 0.29) is 5.91 Å². The van der Waals surface area contributed by atoms with Gasteiger partial charge in [-0.05, 0) is 18.2 Å². The molecule has 0 saturated carbocycles. The van der Waals surface area contributed by atoms with Crippen molar-refractivity contribution in [3.05, 3.63) is 65.6 Å². The smallest absolute Gasteiger partial charge is 0.255 e. The molecule has 0 aliphatic carbocycles. The van der Waals surface area contributed by atoms with Gasteiger partial charge in [-0.1, -0.05) is 18.2 Å². The van der Waals surface area contributed by atoms with Crippen LogP contribution in [0.15, 0.2) is 48.8 Å². The number of carbonyl (C=O) groups is 1. The molecule has 0 saturated heterocycles. The van der Waals surface area contributed by atoms with E-state index in [0.29, 0.717) is 12.1 Å². The molecule has 4 heteroatoms. The van der Waals surface area contributed by atoms with E-state index in [9.17, 15) is 4.79 Å². The molecule has 0 fully saturated rings. The quantitative estimate of drug-likeness (QED) is 0.743. The maximum Gasteiger partial charge on any atom is 0.255 e. The minimum Gasteiger partial charge on any atom is -0.358 e. The molecular formula is C17H15N3O. The second-order valence-corrected chi connectivity index (χ2v) is 5.35. The largest absolute Gasteiger partial charge is 0.358 e. The number of fused-ring (bicyclic) bond motifs is 3. The van der Waals surface area contributed by atoms with Crippen molar-refractivity contribution in [2.24, 2.45) is 0 Å². The van der Waals surface area contributed by atoms with Crippen LogP contribution in [0, 0.1) is 0 Å². The van der Waals surface area contributed by atoms with Crippen LogP contribution in [0.4, 0.5) is 0 Å². The van der Waals surface area contributed by atoms with Crippen LogP contribution >= 0.6 is 0 Å². The van der Waals surface area contributed by atoms with Gasteiger partial charge < -0.3 is 9.88 Å². The van der Waals surface area contributed by atoms with Crippen molar-refractivity contribution in [3.63, 3.8) is 0 Å². The van der Waals surface area contributed by atoms with Gasteiger partial charge in [0.1, 0.15) is 0 Å². The van der Waals surface area contributed by atoms with Crippen LogP contribution in [0.2, 0.25) is 0 Å². The topological polar surface area (TPSA) is 49.0 Å². The standard InChI is InChI=1S/C17H15N3O/c21-17(12-4-3-8-18-10-12)20-9-7-16-14(11-20)13-5-1-2-6-15(13)19-16/h1-6,8,10,19H,7,9,11H2. The second kappa shape index (κ2) is 4.74. The number of hydrogen-bond acceptors (Lipinski definition) is 2. The van der Waals surface area contributed by atoms with Gasteiger partial charge in [0.15, 0.2) is 0 Å². The van der Waals surface area contributed by atoms with Gasteiger partial charge in [0.05, 0.1) is 5.56 Å². The van der Waals surface area contributed by atoms with Crippen molar-refractivity contribution >= 4 is 16.8 Å². The molecule has 1 aliphatic rings. The molecule has 1 aliphatic heterocycles. The fourth-order valence-corrected chi connectivity index (χ4v) is 3.01. The van der Waals surface area contributed by atoms with E-state index in [4.69, 9.17) is 0 Å². The Morgan fingerprint density at radius 1 is 1.19 bits per heavy atom. The third-order valence-corrected chi connectivity index (χ3v) is 4.08. The average Bonchev–Trinajstić information content (AvgIpc) is 2.93. The summed E-state index contributed by atoms with van der Waals surface area (Å²) >= 11 is 0. The summed E-state index contributed by atoms with van der Waals surface area (Å²) in [7, 11) is 0. The van der Waals surface area contributed by atoms with E-state index in [1.54, 1.807) is 18.5 Å². The predicted octanol–water partition coefficient (Wildman–Crippen LogP) is 2.76. The maximum absolute atomic E-state index is 12.5. The Hall–Kier alpha value is -2.62. The summed E-state index contributed by atoms with van der Waals surface area (Å²) in [6.07, 6.45) is 4.19. The molecule has 2 aromatic heterocycles. The number of carbonyl (C=O) groups excluding carboxylic acids is 1. The highest BCUT2D eigenvalue weighted by molar-refractivity contribution is 5.94. The first-order valence-electron chi connectivity index (χ1n) is 7.11. The Kier molecular flexibility index (Phi) is 2.74. The van der Waals surface area contributed by atoms with Crippen molar-refractivity contribution in [1.82, 2.24) is 14.9 Å². The number of amides is 1. The summed E-state index contributed by atoms with van der Waals surface area (Å²) in [5, 5.41) is 1.22. The lowest BCUT2D eigenvalue weighted by molar-refractivity contribution is 0.0734. The van der Waals surface area contributed by atoms with E-state index >= 15 is 0 Å².